The Morgan fingerprint density at radius 3 is 2.21 bits per heavy atom. The Bertz CT molecular complexity index is 451. The normalized spacial score (nSPS) is 13.9. The molecule has 0 bridgehead atoms. The van der Waals surface area contributed by atoms with Crippen LogP contribution in [0.25, 0.3) is 0 Å². The second-order valence-electron chi connectivity index (χ2n) is 6.36. The van der Waals surface area contributed by atoms with Gasteiger partial charge in [-0.1, -0.05) is 38.8 Å². The minimum Gasteiger partial charge on any atom is -0.403 e. The van der Waals surface area contributed by atoms with Crippen molar-refractivity contribution in [2.24, 2.45) is 0 Å². The van der Waals surface area contributed by atoms with Gasteiger partial charge in [0.05, 0.1) is 0 Å². The van der Waals surface area contributed by atoms with Crippen LogP contribution in [0.5, 0.6) is 0 Å². The van der Waals surface area contributed by atoms with Crippen molar-refractivity contribution in [3.63, 3.8) is 0 Å². The zero-order chi connectivity index (χ0) is 14.7. The molecule has 0 N–H and O–H groups in total. The predicted octanol–water partition coefficient (Wildman–Crippen LogP) is 4.39. The van der Waals surface area contributed by atoms with Crippen LogP contribution < -0.4 is 0 Å². The van der Waals surface area contributed by atoms with Crippen molar-refractivity contribution in [2.45, 2.75) is 51.4 Å². The fourth-order valence-electron chi connectivity index (χ4n) is 1.50. The standard InChI is InChI=1S/C16H23FOSi/c1-7-15(18-19(5,6)16(2,3)4)12-13-8-10-14(17)11-9-13/h1,8-11,15H,12H2,2-6H3/t15-/m1/s1. The van der Waals surface area contributed by atoms with E-state index in [9.17, 15) is 4.39 Å². The third-order valence-corrected chi connectivity index (χ3v) is 8.25. The van der Waals surface area contributed by atoms with Gasteiger partial charge in [-0.05, 0) is 35.8 Å². The van der Waals surface area contributed by atoms with Gasteiger partial charge < -0.3 is 4.43 Å². The molecule has 1 nitrogen and oxygen atoms in total. The summed E-state index contributed by atoms with van der Waals surface area (Å²) in [6.45, 7) is 10.9. The smallest absolute Gasteiger partial charge is 0.193 e. The van der Waals surface area contributed by atoms with Gasteiger partial charge in [-0.3, -0.25) is 0 Å². The molecule has 1 aromatic rings. The van der Waals surface area contributed by atoms with Gasteiger partial charge in [0.15, 0.2) is 8.32 Å². The monoisotopic (exact) mass is 278 g/mol. The maximum atomic E-state index is 12.9. The Morgan fingerprint density at radius 2 is 1.79 bits per heavy atom. The van der Waals surface area contributed by atoms with Gasteiger partial charge in [0.2, 0.25) is 0 Å². The summed E-state index contributed by atoms with van der Waals surface area (Å²) in [5.74, 6) is 2.48. The van der Waals surface area contributed by atoms with E-state index in [1.165, 1.54) is 12.1 Å². The molecule has 0 radical (unpaired) electrons. The maximum Gasteiger partial charge on any atom is 0.193 e. The number of hydrogen-bond acceptors (Lipinski definition) is 1. The molecule has 1 rings (SSSR count). The molecule has 0 heterocycles. The molecule has 0 amide bonds. The van der Waals surface area contributed by atoms with E-state index in [1.807, 2.05) is 0 Å². The van der Waals surface area contributed by atoms with Gasteiger partial charge in [-0.15, -0.1) is 6.42 Å². The first kappa shape index (κ1) is 15.9. The van der Waals surface area contributed by atoms with Crippen LogP contribution in [-0.2, 0) is 10.8 Å². The Hall–Kier alpha value is -1.11. The highest BCUT2D eigenvalue weighted by molar-refractivity contribution is 6.74. The highest BCUT2D eigenvalue weighted by atomic mass is 28.4. The van der Waals surface area contributed by atoms with E-state index in [4.69, 9.17) is 10.8 Å². The van der Waals surface area contributed by atoms with E-state index >= 15 is 0 Å². The van der Waals surface area contributed by atoms with Gasteiger partial charge in [0.1, 0.15) is 11.9 Å². The van der Waals surface area contributed by atoms with Gasteiger partial charge >= 0.3 is 0 Å². The molecule has 0 aliphatic heterocycles. The molecule has 0 aliphatic carbocycles. The average Bonchev–Trinajstić information content (AvgIpc) is 2.29. The summed E-state index contributed by atoms with van der Waals surface area (Å²) in [5.41, 5.74) is 1.00. The van der Waals surface area contributed by atoms with E-state index in [0.29, 0.717) is 6.42 Å². The molecule has 1 atom stereocenters. The Balaban J connectivity index is 2.75. The number of benzene rings is 1. The summed E-state index contributed by atoms with van der Waals surface area (Å²) in [6, 6.07) is 6.42. The van der Waals surface area contributed by atoms with Crippen LogP contribution in [0.1, 0.15) is 26.3 Å². The van der Waals surface area contributed by atoms with Gasteiger partial charge in [0.25, 0.3) is 0 Å². The number of terminal acetylenes is 1. The molecule has 19 heavy (non-hydrogen) atoms. The second-order valence-corrected chi connectivity index (χ2v) is 11.1. The van der Waals surface area contributed by atoms with Crippen LogP contribution in [0.15, 0.2) is 24.3 Å². The molecule has 0 unspecified atom stereocenters. The van der Waals surface area contributed by atoms with Gasteiger partial charge in [-0.25, -0.2) is 4.39 Å². The van der Waals surface area contributed by atoms with Crippen LogP contribution in [0.3, 0.4) is 0 Å². The molecule has 0 aliphatic rings. The minimum absolute atomic E-state index is 0.130. The molecule has 0 spiro atoms. The summed E-state index contributed by atoms with van der Waals surface area (Å²) in [7, 11) is -1.87. The Kier molecular flexibility index (Phi) is 4.95. The fourth-order valence-corrected chi connectivity index (χ4v) is 2.72. The van der Waals surface area contributed by atoms with E-state index in [2.05, 4.69) is 39.8 Å². The molecule has 104 valence electrons. The van der Waals surface area contributed by atoms with Crippen molar-refractivity contribution in [3.8, 4) is 12.3 Å². The number of rotatable bonds is 4. The topological polar surface area (TPSA) is 9.23 Å². The van der Waals surface area contributed by atoms with Gasteiger partial charge in [-0.2, -0.15) is 0 Å². The fraction of sp³-hybridized carbons (Fsp3) is 0.500. The molecule has 3 heteroatoms. The summed E-state index contributed by atoms with van der Waals surface area (Å²) in [6.07, 6.45) is 5.96. The third kappa shape index (κ3) is 4.48. The second kappa shape index (κ2) is 5.90. The molecular weight excluding hydrogens is 255 g/mol. The first-order valence-corrected chi connectivity index (χ1v) is 9.45. The SMILES string of the molecule is C#C[C@H](Cc1ccc(F)cc1)O[Si](C)(C)C(C)(C)C. The van der Waals surface area contributed by atoms with Crippen molar-refractivity contribution in [3.05, 3.63) is 35.6 Å². The molecular formula is C16H23FOSi. The van der Waals surface area contributed by atoms with Crippen LogP contribution in [0.4, 0.5) is 4.39 Å². The van der Waals surface area contributed by atoms with E-state index in [1.54, 1.807) is 12.1 Å². The van der Waals surface area contributed by atoms with Crippen LogP contribution in [0.2, 0.25) is 18.1 Å². The molecule has 0 saturated heterocycles. The van der Waals surface area contributed by atoms with E-state index in [-0.39, 0.29) is 17.0 Å². The number of hydrogen-bond donors (Lipinski definition) is 0. The molecule has 0 aromatic heterocycles. The minimum atomic E-state index is -1.87. The Labute approximate surface area is 117 Å². The lowest BCUT2D eigenvalue weighted by molar-refractivity contribution is 0.234. The quantitative estimate of drug-likeness (QED) is 0.586. The average molecular weight is 278 g/mol. The van der Waals surface area contributed by atoms with Crippen molar-refractivity contribution in [2.75, 3.05) is 0 Å². The summed E-state index contributed by atoms with van der Waals surface area (Å²) < 4.78 is 19.1. The summed E-state index contributed by atoms with van der Waals surface area (Å²) >= 11 is 0. The Morgan fingerprint density at radius 1 is 1.26 bits per heavy atom. The van der Waals surface area contributed by atoms with Crippen LogP contribution in [-0.4, -0.2) is 14.4 Å². The first-order valence-electron chi connectivity index (χ1n) is 6.54. The molecule has 0 fully saturated rings. The summed E-state index contributed by atoms with van der Waals surface area (Å²) in [5, 5.41) is 0.130. The van der Waals surface area contributed by atoms with Crippen molar-refractivity contribution in [1.82, 2.24) is 0 Å². The summed E-state index contributed by atoms with van der Waals surface area (Å²) in [4.78, 5) is 0. The van der Waals surface area contributed by atoms with Crippen LogP contribution in [0, 0.1) is 18.2 Å². The lowest BCUT2D eigenvalue weighted by atomic mass is 10.1. The highest BCUT2D eigenvalue weighted by Gasteiger charge is 2.38. The maximum absolute atomic E-state index is 12.9. The molecule has 0 saturated carbocycles. The lowest BCUT2D eigenvalue weighted by Crippen LogP contribution is -2.44. The predicted molar refractivity (Wildman–Crippen MR) is 81.0 cm³/mol. The van der Waals surface area contributed by atoms with Crippen molar-refractivity contribution < 1.29 is 8.82 Å². The number of halogens is 1. The van der Waals surface area contributed by atoms with E-state index in [0.717, 1.165) is 5.56 Å². The molecule has 1 aromatic carbocycles. The highest BCUT2D eigenvalue weighted by Crippen LogP contribution is 2.37. The zero-order valence-electron chi connectivity index (χ0n) is 12.5. The first-order chi connectivity index (χ1) is 8.65. The lowest BCUT2D eigenvalue weighted by Gasteiger charge is -2.38. The van der Waals surface area contributed by atoms with Crippen molar-refractivity contribution in [1.29, 1.82) is 0 Å². The van der Waals surface area contributed by atoms with Crippen LogP contribution >= 0.6 is 0 Å². The van der Waals surface area contributed by atoms with E-state index < -0.39 is 8.32 Å². The third-order valence-electron chi connectivity index (χ3n) is 3.76. The zero-order valence-corrected chi connectivity index (χ0v) is 13.5. The largest absolute Gasteiger partial charge is 0.403 e. The van der Waals surface area contributed by atoms with Crippen molar-refractivity contribution >= 4 is 8.32 Å². The van der Waals surface area contributed by atoms with Gasteiger partial charge in [0, 0.05) is 6.42 Å².